The number of likely N-dealkylation sites (N-methyl/N-ethyl adjacent to an activating group) is 1. The topological polar surface area (TPSA) is 58.4 Å². The van der Waals surface area contributed by atoms with Gasteiger partial charge in [0, 0.05) is 12.6 Å². The molecule has 4 heteroatoms. The second-order valence-electron chi connectivity index (χ2n) is 5.13. The van der Waals surface area contributed by atoms with Crippen molar-refractivity contribution in [3.8, 4) is 0 Å². The van der Waals surface area contributed by atoms with Gasteiger partial charge in [-0.25, -0.2) is 0 Å². The number of piperidine rings is 1. The molecule has 2 unspecified atom stereocenters. The molecule has 1 heterocycles. The van der Waals surface area contributed by atoms with Crippen molar-refractivity contribution in [2.45, 2.75) is 31.8 Å². The van der Waals surface area contributed by atoms with Crippen molar-refractivity contribution < 1.29 is 4.79 Å². The molecule has 1 aromatic carbocycles. The maximum atomic E-state index is 12.2. The van der Waals surface area contributed by atoms with E-state index in [4.69, 9.17) is 5.73 Å². The van der Waals surface area contributed by atoms with Gasteiger partial charge in [0.25, 0.3) is 0 Å². The summed E-state index contributed by atoms with van der Waals surface area (Å²) in [6.07, 6.45) is 2.18. The fourth-order valence-electron chi connectivity index (χ4n) is 2.56. The highest BCUT2D eigenvalue weighted by molar-refractivity contribution is 5.83. The second-order valence-corrected chi connectivity index (χ2v) is 5.13. The van der Waals surface area contributed by atoms with Crippen LogP contribution in [-0.4, -0.2) is 36.5 Å². The molecule has 3 N–H and O–H groups in total. The number of amides is 1. The Kier molecular flexibility index (Phi) is 4.93. The van der Waals surface area contributed by atoms with Gasteiger partial charge in [0.1, 0.15) is 6.04 Å². The predicted molar refractivity (Wildman–Crippen MR) is 76.6 cm³/mol. The molecule has 0 radical (unpaired) electrons. The van der Waals surface area contributed by atoms with Crippen LogP contribution in [0.2, 0.25) is 0 Å². The third kappa shape index (κ3) is 3.78. The van der Waals surface area contributed by atoms with E-state index in [1.807, 2.05) is 30.3 Å². The zero-order valence-electron chi connectivity index (χ0n) is 11.5. The molecule has 104 valence electrons. The largest absolute Gasteiger partial charge is 0.350 e. The van der Waals surface area contributed by atoms with Crippen LogP contribution < -0.4 is 11.1 Å². The first-order valence-electron chi connectivity index (χ1n) is 7.04. The van der Waals surface area contributed by atoms with E-state index in [-0.39, 0.29) is 11.9 Å². The summed E-state index contributed by atoms with van der Waals surface area (Å²) < 4.78 is 0. The molecule has 0 saturated carbocycles. The number of nitrogens with two attached hydrogens (primary N) is 1. The molecule has 0 aromatic heterocycles. The quantitative estimate of drug-likeness (QED) is 0.858. The van der Waals surface area contributed by atoms with E-state index in [1.54, 1.807) is 0 Å². The molecule has 2 rings (SSSR count). The average molecular weight is 261 g/mol. The van der Waals surface area contributed by atoms with Crippen molar-refractivity contribution in [2.24, 2.45) is 5.73 Å². The zero-order chi connectivity index (χ0) is 13.7. The minimum atomic E-state index is -0.571. The molecule has 0 spiro atoms. The predicted octanol–water partition coefficient (Wildman–Crippen LogP) is 1.29. The summed E-state index contributed by atoms with van der Waals surface area (Å²) in [5.41, 5.74) is 6.86. The molecule has 19 heavy (non-hydrogen) atoms. The first kappa shape index (κ1) is 14.0. The van der Waals surface area contributed by atoms with Crippen LogP contribution in [0.25, 0.3) is 0 Å². The van der Waals surface area contributed by atoms with E-state index in [1.165, 1.54) is 0 Å². The van der Waals surface area contributed by atoms with Gasteiger partial charge in [-0.1, -0.05) is 37.3 Å². The molecule has 1 aliphatic rings. The van der Waals surface area contributed by atoms with Crippen LogP contribution in [0.1, 0.15) is 31.4 Å². The Morgan fingerprint density at radius 3 is 2.89 bits per heavy atom. The highest BCUT2D eigenvalue weighted by atomic mass is 16.2. The van der Waals surface area contributed by atoms with Crippen molar-refractivity contribution in [3.63, 3.8) is 0 Å². The van der Waals surface area contributed by atoms with E-state index < -0.39 is 6.04 Å². The van der Waals surface area contributed by atoms with Gasteiger partial charge < -0.3 is 16.0 Å². The van der Waals surface area contributed by atoms with E-state index in [2.05, 4.69) is 17.1 Å². The molecule has 1 aliphatic heterocycles. The lowest BCUT2D eigenvalue weighted by Gasteiger charge is -2.32. The fraction of sp³-hybridized carbons (Fsp3) is 0.533. The van der Waals surface area contributed by atoms with E-state index in [0.717, 1.165) is 38.0 Å². The monoisotopic (exact) mass is 261 g/mol. The Bertz CT molecular complexity index is 407. The summed E-state index contributed by atoms with van der Waals surface area (Å²) in [7, 11) is 0. The highest BCUT2D eigenvalue weighted by Gasteiger charge is 2.23. The fourth-order valence-corrected chi connectivity index (χ4v) is 2.56. The first-order chi connectivity index (χ1) is 9.20. The van der Waals surface area contributed by atoms with Crippen LogP contribution in [-0.2, 0) is 4.79 Å². The molecule has 1 saturated heterocycles. The van der Waals surface area contributed by atoms with Gasteiger partial charge in [-0.15, -0.1) is 0 Å². The van der Waals surface area contributed by atoms with Crippen LogP contribution in [0.15, 0.2) is 30.3 Å². The maximum Gasteiger partial charge on any atom is 0.241 e. The summed E-state index contributed by atoms with van der Waals surface area (Å²) >= 11 is 0. The number of hydrogen-bond donors (Lipinski definition) is 2. The van der Waals surface area contributed by atoms with Crippen molar-refractivity contribution >= 4 is 5.91 Å². The molecular weight excluding hydrogens is 238 g/mol. The van der Waals surface area contributed by atoms with Crippen LogP contribution in [0.5, 0.6) is 0 Å². The molecule has 2 atom stereocenters. The Balaban J connectivity index is 1.90. The molecule has 1 amide bonds. The normalized spacial score (nSPS) is 21.9. The summed E-state index contributed by atoms with van der Waals surface area (Å²) in [4.78, 5) is 14.5. The summed E-state index contributed by atoms with van der Waals surface area (Å²) in [6.45, 7) is 5.26. The van der Waals surface area contributed by atoms with E-state index in [0.29, 0.717) is 0 Å². The Morgan fingerprint density at radius 2 is 2.21 bits per heavy atom. The lowest BCUT2D eigenvalue weighted by Crippen LogP contribution is -2.49. The Morgan fingerprint density at radius 1 is 1.47 bits per heavy atom. The van der Waals surface area contributed by atoms with Crippen molar-refractivity contribution in [1.82, 2.24) is 10.2 Å². The van der Waals surface area contributed by atoms with E-state index >= 15 is 0 Å². The molecule has 1 fully saturated rings. The van der Waals surface area contributed by atoms with Crippen molar-refractivity contribution in [2.75, 3.05) is 19.6 Å². The minimum absolute atomic E-state index is 0.0749. The lowest BCUT2D eigenvalue weighted by atomic mass is 10.0. The van der Waals surface area contributed by atoms with Crippen LogP contribution in [0, 0.1) is 0 Å². The number of nitrogens with one attached hydrogen (secondary N) is 1. The third-order valence-electron chi connectivity index (χ3n) is 3.74. The van der Waals surface area contributed by atoms with E-state index in [9.17, 15) is 4.79 Å². The van der Waals surface area contributed by atoms with Gasteiger partial charge in [-0.3, -0.25) is 4.79 Å². The smallest absolute Gasteiger partial charge is 0.241 e. The Hall–Kier alpha value is -1.39. The first-order valence-corrected chi connectivity index (χ1v) is 7.04. The number of hydrogen-bond acceptors (Lipinski definition) is 3. The van der Waals surface area contributed by atoms with Crippen molar-refractivity contribution in [3.05, 3.63) is 35.9 Å². The van der Waals surface area contributed by atoms with Gasteiger partial charge in [0.2, 0.25) is 5.91 Å². The standard InChI is InChI=1S/C15H23N3O/c1-2-18-10-6-9-13(11-18)17-15(19)14(16)12-7-4-3-5-8-12/h3-5,7-8,13-14H,2,6,9-11,16H2,1H3,(H,17,19). The summed E-state index contributed by atoms with van der Waals surface area (Å²) in [6, 6.07) is 9.18. The summed E-state index contributed by atoms with van der Waals surface area (Å²) in [5.74, 6) is -0.0749. The molecule has 0 aliphatic carbocycles. The third-order valence-corrected chi connectivity index (χ3v) is 3.74. The zero-order valence-corrected chi connectivity index (χ0v) is 11.5. The number of nitrogens with zero attached hydrogens (tertiary/aromatic N) is 1. The van der Waals surface area contributed by atoms with Gasteiger partial charge >= 0.3 is 0 Å². The van der Waals surface area contributed by atoms with Crippen LogP contribution in [0.4, 0.5) is 0 Å². The molecule has 0 bridgehead atoms. The Labute approximate surface area is 115 Å². The lowest BCUT2D eigenvalue weighted by molar-refractivity contribution is -0.123. The average Bonchev–Trinajstić information content (AvgIpc) is 2.47. The van der Waals surface area contributed by atoms with Gasteiger partial charge in [-0.2, -0.15) is 0 Å². The second kappa shape index (κ2) is 6.68. The molecular formula is C15H23N3O. The van der Waals surface area contributed by atoms with Gasteiger partial charge in [0.05, 0.1) is 0 Å². The number of benzene rings is 1. The highest BCUT2D eigenvalue weighted by Crippen LogP contribution is 2.13. The van der Waals surface area contributed by atoms with Crippen LogP contribution in [0.3, 0.4) is 0 Å². The van der Waals surface area contributed by atoms with Crippen molar-refractivity contribution in [1.29, 1.82) is 0 Å². The molecule has 1 aromatic rings. The number of likely N-dealkylation sites (tertiary alicyclic amines) is 1. The van der Waals surface area contributed by atoms with Crippen LogP contribution >= 0.6 is 0 Å². The number of carbonyl (C=O) groups is 1. The maximum absolute atomic E-state index is 12.2. The summed E-state index contributed by atoms with van der Waals surface area (Å²) in [5, 5.41) is 3.08. The number of rotatable bonds is 4. The van der Waals surface area contributed by atoms with Gasteiger partial charge in [0.15, 0.2) is 0 Å². The SMILES string of the molecule is CCN1CCCC(NC(=O)C(N)c2ccccc2)C1. The number of carbonyl (C=O) groups excluding carboxylic acids is 1. The molecule has 4 nitrogen and oxygen atoms in total. The van der Waals surface area contributed by atoms with Gasteiger partial charge in [-0.05, 0) is 31.5 Å². The minimum Gasteiger partial charge on any atom is -0.350 e.